The SMILES string of the molecule is CC(NC(=O)C(Sc1ccccc1)c1ccccc1)c1ccc(NC(N)=O)cc1. The first-order valence-electron chi connectivity index (χ1n) is 9.26. The molecule has 0 aliphatic carbocycles. The Morgan fingerprint density at radius 1 is 0.828 bits per heavy atom. The van der Waals surface area contributed by atoms with Gasteiger partial charge in [0.05, 0.1) is 6.04 Å². The van der Waals surface area contributed by atoms with Crippen LogP contribution in [-0.4, -0.2) is 11.9 Å². The highest BCUT2D eigenvalue weighted by Gasteiger charge is 2.23. The summed E-state index contributed by atoms with van der Waals surface area (Å²) in [6.45, 7) is 1.93. The first kappa shape index (κ1) is 20.5. The van der Waals surface area contributed by atoms with E-state index >= 15 is 0 Å². The fourth-order valence-corrected chi connectivity index (χ4v) is 3.96. The van der Waals surface area contributed by atoms with Crippen LogP contribution in [0.2, 0.25) is 0 Å². The summed E-state index contributed by atoms with van der Waals surface area (Å²) in [5, 5.41) is 5.27. The first-order chi connectivity index (χ1) is 14.0. The Balaban J connectivity index is 1.74. The number of thioether (sulfide) groups is 1. The van der Waals surface area contributed by atoms with Crippen LogP contribution in [0.15, 0.2) is 89.8 Å². The third-order valence-electron chi connectivity index (χ3n) is 4.37. The lowest BCUT2D eigenvalue weighted by molar-refractivity contribution is -0.121. The number of anilines is 1. The van der Waals surface area contributed by atoms with Crippen LogP contribution in [0.25, 0.3) is 0 Å². The highest BCUT2D eigenvalue weighted by molar-refractivity contribution is 8.00. The standard InChI is InChI=1S/C23H23N3O2S/c1-16(17-12-14-19(15-13-17)26-23(24)28)25-22(27)21(18-8-4-2-5-9-18)29-20-10-6-3-7-11-20/h2-16,21H,1H3,(H,25,27)(H3,24,26,28). The van der Waals surface area contributed by atoms with Crippen LogP contribution in [0, 0.1) is 0 Å². The molecule has 3 amide bonds. The summed E-state index contributed by atoms with van der Waals surface area (Å²) in [6, 6.07) is 26.1. The summed E-state index contributed by atoms with van der Waals surface area (Å²) in [4.78, 5) is 25.1. The summed E-state index contributed by atoms with van der Waals surface area (Å²) >= 11 is 1.52. The lowest BCUT2D eigenvalue weighted by Crippen LogP contribution is -2.30. The van der Waals surface area contributed by atoms with Crippen LogP contribution >= 0.6 is 11.8 Å². The van der Waals surface area contributed by atoms with Gasteiger partial charge in [0.25, 0.3) is 0 Å². The number of benzene rings is 3. The molecule has 0 aliphatic rings. The van der Waals surface area contributed by atoms with Crippen molar-refractivity contribution in [3.8, 4) is 0 Å². The van der Waals surface area contributed by atoms with Crippen molar-refractivity contribution >= 4 is 29.4 Å². The Labute approximate surface area is 174 Å². The van der Waals surface area contributed by atoms with Crippen molar-refractivity contribution in [1.29, 1.82) is 0 Å². The van der Waals surface area contributed by atoms with E-state index in [-0.39, 0.29) is 17.2 Å². The Morgan fingerprint density at radius 3 is 2.00 bits per heavy atom. The van der Waals surface area contributed by atoms with E-state index in [2.05, 4.69) is 10.6 Å². The van der Waals surface area contributed by atoms with Gasteiger partial charge in [-0.25, -0.2) is 4.79 Å². The average molecular weight is 406 g/mol. The van der Waals surface area contributed by atoms with E-state index < -0.39 is 6.03 Å². The van der Waals surface area contributed by atoms with Crippen molar-refractivity contribution < 1.29 is 9.59 Å². The van der Waals surface area contributed by atoms with Gasteiger partial charge >= 0.3 is 6.03 Å². The van der Waals surface area contributed by atoms with Gasteiger partial charge in [0.1, 0.15) is 5.25 Å². The topological polar surface area (TPSA) is 84.2 Å². The summed E-state index contributed by atoms with van der Waals surface area (Å²) < 4.78 is 0. The second kappa shape index (κ2) is 9.80. The lowest BCUT2D eigenvalue weighted by atomic mass is 10.1. The number of hydrogen-bond donors (Lipinski definition) is 3. The van der Waals surface area contributed by atoms with Gasteiger partial charge in [0, 0.05) is 10.6 Å². The van der Waals surface area contributed by atoms with Crippen molar-refractivity contribution in [3.05, 3.63) is 96.1 Å². The van der Waals surface area contributed by atoms with Crippen molar-refractivity contribution in [2.24, 2.45) is 5.73 Å². The normalized spacial score (nSPS) is 12.6. The molecule has 0 saturated carbocycles. The zero-order valence-electron chi connectivity index (χ0n) is 16.0. The number of nitrogens with one attached hydrogen (secondary N) is 2. The molecule has 0 aliphatic heterocycles. The maximum Gasteiger partial charge on any atom is 0.316 e. The molecule has 3 aromatic rings. The first-order valence-corrected chi connectivity index (χ1v) is 10.1. The molecule has 0 saturated heterocycles. The summed E-state index contributed by atoms with van der Waals surface area (Å²) in [5.41, 5.74) is 7.63. The maximum atomic E-state index is 13.1. The number of amides is 3. The van der Waals surface area contributed by atoms with Crippen LogP contribution < -0.4 is 16.4 Å². The Kier molecular flexibility index (Phi) is 6.92. The fraction of sp³-hybridized carbons (Fsp3) is 0.130. The molecule has 3 aromatic carbocycles. The zero-order chi connectivity index (χ0) is 20.6. The molecule has 0 fully saturated rings. The van der Waals surface area contributed by atoms with Gasteiger partial charge < -0.3 is 16.4 Å². The molecule has 0 aromatic heterocycles. The lowest BCUT2D eigenvalue weighted by Gasteiger charge is -2.21. The van der Waals surface area contributed by atoms with Gasteiger partial charge in [-0.05, 0) is 42.3 Å². The number of hydrogen-bond acceptors (Lipinski definition) is 3. The zero-order valence-corrected chi connectivity index (χ0v) is 16.9. The summed E-state index contributed by atoms with van der Waals surface area (Å²) in [7, 11) is 0. The molecule has 5 nitrogen and oxygen atoms in total. The van der Waals surface area contributed by atoms with Gasteiger partial charge in [-0.3, -0.25) is 4.79 Å². The molecule has 0 bridgehead atoms. The molecular weight excluding hydrogens is 382 g/mol. The second-order valence-electron chi connectivity index (χ2n) is 6.56. The molecule has 0 radical (unpaired) electrons. The highest BCUT2D eigenvalue weighted by Crippen LogP contribution is 2.35. The predicted octanol–water partition coefficient (Wildman–Crippen LogP) is 4.89. The Morgan fingerprint density at radius 2 is 1.41 bits per heavy atom. The molecular formula is C23H23N3O2S. The highest BCUT2D eigenvalue weighted by atomic mass is 32.2. The van der Waals surface area contributed by atoms with Crippen LogP contribution in [0.3, 0.4) is 0 Å². The monoisotopic (exact) mass is 405 g/mol. The summed E-state index contributed by atoms with van der Waals surface area (Å²) in [6.07, 6.45) is 0. The van der Waals surface area contributed by atoms with Crippen LogP contribution in [0.1, 0.15) is 29.3 Å². The van der Waals surface area contributed by atoms with Crippen molar-refractivity contribution in [2.45, 2.75) is 23.1 Å². The van der Waals surface area contributed by atoms with E-state index in [0.717, 1.165) is 16.0 Å². The number of primary amides is 1. The average Bonchev–Trinajstić information content (AvgIpc) is 2.73. The predicted molar refractivity (Wildman–Crippen MR) is 118 cm³/mol. The molecule has 29 heavy (non-hydrogen) atoms. The van der Waals surface area contributed by atoms with Crippen molar-refractivity contribution in [2.75, 3.05) is 5.32 Å². The molecule has 0 spiro atoms. The van der Waals surface area contributed by atoms with E-state index in [0.29, 0.717) is 5.69 Å². The molecule has 0 heterocycles. The molecule has 148 valence electrons. The third-order valence-corrected chi connectivity index (χ3v) is 5.64. The second-order valence-corrected chi connectivity index (χ2v) is 7.74. The van der Waals surface area contributed by atoms with E-state index in [1.54, 1.807) is 12.1 Å². The van der Waals surface area contributed by atoms with Crippen molar-refractivity contribution in [3.63, 3.8) is 0 Å². The minimum atomic E-state index is -0.609. The molecule has 3 rings (SSSR count). The Hall–Kier alpha value is -3.25. The third kappa shape index (κ3) is 5.86. The molecule has 6 heteroatoms. The van der Waals surface area contributed by atoms with E-state index in [1.165, 1.54) is 11.8 Å². The number of urea groups is 1. The smallest absolute Gasteiger partial charge is 0.316 e. The van der Waals surface area contributed by atoms with E-state index in [9.17, 15) is 9.59 Å². The minimum Gasteiger partial charge on any atom is -0.351 e. The molecule has 2 atom stereocenters. The number of carbonyl (C=O) groups is 2. The van der Waals surface area contributed by atoms with E-state index in [1.807, 2.05) is 79.7 Å². The Bertz CT molecular complexity index is 947. The largest absolute Gasteiger partial charge is 0.351 e. The van der Waals surface area contributed by atoms with Crippen molar-refractivity contribution in [1.82, 2.24) is 5.32 Å². The number of nitrogens with two attached hydrogens (primary N) is 1. The number of carbonyl (C=O) groups excluding carboxylic acids is 2. The van der Waals surface area contributed by atoms with E-state index in [4.69, 9.17) is 5.73 Å². The van der Waals surface area contributed by atoms with Crippen LogP contribution in [-0.2, 0) is 4.79 Å². The van der Waals surface area contributed by atoms with Crippen LogP contribution in [0.4, 0.5) is 10.5 Å². The quantitative estimate of drug-likeness (QED) is 0.489. The summed E-state index contributed by atoms with van der Waals surface area (Å²) in [5.74, 6) is -0.0584. The van der Waals surface area contributed by atoms with Gasteiger partial charge in [0.15, 0.2) is 0 Å². The van der Waals surface area contributed by atoms with Gasteiger partial charge in [0.2, 0.25) is 5.91 Å². The maximum absolute atomic E-state index is 13.1. The minimum absolute atomic E-state index is 0.0584. The van der Waals surface area contributed by atoms with Gasteiger partial charge in [-0.15, -0.1) is 11.8 Å². The molecule has 4 N–H and O–H groups in total. The fourth-order valence-electron chi connectivity index (χ4n) is 2.91. The van der Waals surface area contributed by atoms with Crippen LogP contribution in [0.5, 0.6) is 0 Å². The van der Waals surface area contributed by atoms with Gasteiger partial charge in [-0.2, -0.15) is 0 Å². The molecule has 2 unspecified atom stereocenters. The number of rotatable bonds is 7. The van der Waals surface area contributed by atoms with Gasteiger partial charge in [-0.1, -0.05) is 60.7 Å².